The Labute approximate surface area is 195 Å². The molecule has 0 bridgehead atoms. The number of methoxy groups -OCH3 is 2. The van der Waals surface area contributed by atoms with E-state index in [1.807, 2.05) is 0 Å². The lowest BCUT2D eigenvalue weighted by molar-refractivity contribution is -0.145. The first kappa shape index (κ1) is 22.4. The first-order chi connectivity index (χ1) is 15.9. The van der Waals surface area contributed by atoms with Crippen molar-refractivity contribution in [3.8, 4) is 17.2 Å². The molecule has 0 fully saturated rings. The zero-order valence-corrected chi connectivity index (χ0v) is 18.7. The fourth-order valence-corrected chi connectivity index (χ4v) is 3.81. The molecule has 4 rings (SSSR count). The Bertz CT molecular complexity index is 1190. The zero-order chi connectivity index (χ0) is 23.5. The molecule has 3 aromatic carbocycles. The van der Waals surface area contributed by atoms with Crippen molar-refractivity contribution in [1.29, 1.82) is 0 Å². The summed E-state index contributed by atoms with van der Waals surface area (Å²) in [6.45, 7) is 0. The van der Waals surface area contributed by atoms with Gasteiger partial charge in [-0.25, -0.2) is 4.79 Å². The van der Waals surface area contributed by atoms with Gasteiger partial charge in [-0.05, 0) is 54.1 Å². The summed E-state index contributed by atoms with van der Waals surface area (Å²) >= 11 is 5.91. The molecule has 7 nitrogen and oxygen atoms in total. The van der Waals surface area contributed by atoms with Crippen LogP contribution in [0.5, 0.6) is 17.2 Å². The normalized spacial score (nSPS) is 13.5. The number of ether oxygens (including phenoxy) is 3. The standard InChI is InChI=1S/C25H20ClNO6/c1-31-22-14-15(7-12-21(22)33-17-10-8-16(26)9-11-17)13-20(25(30)32-2)27-23(28)18-5-3-4-6-19(18)24(27)29/h3-12,14,20H,13H2,1-2H3. The lowest BCUT2D eigenvalue weighted by atomic mass is 10.0. The average Bonchev–Trinajstić information content (AvgIpc) is 3.09. The van der Waals surface area contributed by atoms with Gasteiger partial charge in [-0.3, -0.25) is 14.5 Å². The molecule has 1 atom stereocenters. The molecule has 8 heteroatoms. The molecule has 0 aromatic heterocycles. The number of imide groups is 1. The predicted molar refractivity (Wildman–Crippen MR) is 121 cm³/mol. The molecule has 168 valence electrons. The van der Waals surface area contributed by atoms with Crippen LogP contribution in [0, 0.1) is 0 Å². The van der Waals surface area contributed by atoms with Gasteiger partial charge in [0.2, 0.25) is 0 Å². The zero-order valence-electron chi connectivity index (χ0n) is 17.9. The van der Waals surface area contributed by atoms with Crippen molar-refractivity contribution in [2.24, 2.45) is 0 Å². The summed E-state index contributed by atoms with van der Waals surface area (Å²) in [7, 11) is 2.72. The minimum atomic E-state index is -1.13. The van der Waals surface area contributed by atoms with Crippen molar-refractivity contribution in [2.75, 3.05) is 14.2 Å². The van der Waals surface area contributed by atoms with E-state index in [1.54, 1.807) is 66.7 Å². The number of carbonyl (C=O) groups excluding carboxylic acids is 3. The van der Waals surface area contributed by atoms with Gasteiger partial charge < -0.3 is 14.2 Å². The highest BCUT2D eigenvalue weighted by atomic mass is 35.5. The van der Waals surface area contributed by atoms with E-state index in [2.05, 4.69) is 0 Å². The minimum absolute atomic E-state index is 0.0513. The summed E-state index contributed by atoms with van der Waals surface area (Å²) in [6, 6.07) is 17.3. The van der Waals surface area contributed by atoms with E-state index in [1.165, 1.54) is 14.2 Å². The molecule has 1 unspecified atom stereocenters. The van der Waals surface area contributed by atoms with E-state index in [4.69, 9.17) is 25.8 Å². The SMILES string of the molecule is COC(=O)C(Cc1ccc(Oc2ccc(Cl)cc2)c(OC)c1)N1C(=O)c2ccccc2C1=O. The maximum Gasteiger partial charge on any atom is 0.329 e. The Balaban J connectivity index is 1.61. The van der Waals surface area contributed by atoms with Gasteiger partial charge in [-0.15, -0.1) is 0 Å². The van der Waals surface area contributed by atoms with E-state index in [0.717, 1.165) is 4.90 Å². The highest BCUT2D eigenvalue weighted by molar-refractivity contribution is 6.30. The topological polar surface area (TPSA) is 82.1 Å². The van der Waals surface area contributed by atoms with Crippen molar-refractivity contribution in [3.63, 3.8) is 0 Å². The van der Waals surface area contributed by atoms with Gasteiger partial charge in [-0.1, -0.05) is 29.8 Å². The van der Waals surface area contributed by atoms with Crippen molar-refractivity contribution in [1.82, 2.24) is 4.90 Å². The van der Waals surface area contributed by atoms with Gasteiger partial charge >= 0.3 is 5.97 Å². The molecule has 33 heavy (non-hydrogen) atoms. The highest BCUT2D eigenvalue weighted by Gasteiger charge is 2.43. The molecule has 1 aliphatic rings. The minimum Gasteiger partial charge on any atom is -0.493 e. The average molecular weight is 466 g/mol. The number of esters is 1. The summed E-state index contributed by atoms with van der Waals surface area (Å²) in [5.41, 5.74) is 1.18. The Hall–Kier alpha value is -3.84. The van der Waals surface area contributed by atoms with Crippen LogP contribution in [-0.4, -0.2) is 42.9 Å². The summed E-state index contributed by atoms with van der Waals surface area (Å²) < 4.78 is 16.2. The molecule has 2 amide bonds. The molecule has 0 radical (unpaired) electrons. The summed E-state index contributed by atoms with van der Waals surface area (Å²) in [5, 5.41) is 0.590. The number of nitrogens with zero attached hydrogens (tertiary/aromatic N) is 1. The number of fused-ring (bicyclic) bond motifs is 1. The van der Waals surface area contributed by atoms with Crippen molar-refractivity contribution >= 4 is 29.4 Å². The first-order valence-electron chi connectivity index (χ1n) is 10.1. The second-order valence-corrected chi connectivity index (χ2v) is 7.75. The van der Waals surface area contributed by atoms with Crippen molar-refractivity contribution < 1.29 is 28.6 Å². The number of rotatable bonds is 7. The fraction of sp³-hybridized carbons (Fsp3) is 0.160. The lowest BCUT2D eigenvalue weighted by Crippen LogP contribution is -2.46. The monoisotopic (exact) mass is 465 g/mol. The number of carbonyl (C=O) groups is 3. The lowest BCUT2D eigenvalue weighted by Gasteiger charge is -2.24. The first-order valence-corrected chi connectivity index (χ1v) is 10.5. The van der Waals surface area contributed by atoms with E-state index < -0.39 is 23.8 Å². The van der Waals surface area contributed by atoms with Crippen LogP contribution in [0.15, 0.2) is 66.7 Å². The number of amides is 2. The van der Waals surface area contributed by atoms with Gasteiger partial charge in [0.1, 0.15) is 11.8 Å². The Morgan fingerprint density at radius 3 is 2.12 bits per heavy atom. The molecule has 3 aromatic rings. The molecule has 0 saturated heterocycles. The molecule has 0 aliphatic carbocycles. The fourth-order valence-electron chi connectivity index (χ4n) is 3.68. The third-order valence-electron chi connectivity index (χ3n) is 5.31. The van der Waals surface area contributed by atoms with Gasteiger partial charge in [0.15, 0.2) is 11.5 Å². The third kappa shape index (κ3) is 4.40. The largest absolute Gasteiger partial charge is 0.493 e. The summed E-state index contributed by atoms with van der Waals surface area (Å²) in [6.07, 6.45) is 0.0513. The Morgan fingerprint density at radius 2 is 1.55 bits per heavy atom. The van der Waals surface area contributed by atoms with Crippen LogP contribution in [-0.2, 0) is 16.0 Å². The van der Waals surface area contributed by atoms with Crippen LogP contribution in [0.3, 0.4) is 0 Å². The van der Waals surface area contributed by atoms with Crippen molar-refractivity contribution in [3.05, 3.63) is 88.4 Å². The van der Waals surface area contributed by atoms with Crippen molar-refractivity contribution in [2.45, 2.75) is 12.5 Å². The van der Waals surface area contributed by atoms with Crippen LogP contribution in [0.25, 0.3) is 0 Å². The molecule has 0 N–H and O–H groups in total. The van der Waals surface area contributed by atoms with Crippen LogP contribution in [0.4, 0.5) is 0 Å². The molecular formula is C25H20ClNO6. The summed E-state index contributed by atoms with van der Waals surface area (Å²) in [4.78, 5) is 39.4. The van der Waals surface area contributed by atoms with Gasteiger partial charge in [0, 0.05) is 11.4 Å². The second-order valence-electron chi connectivity index (χ2n) is 7.31. The van der Waals surface area contributed by atoms with Gasteiger partial charge in [-0.2, -0.15) is 0 Å². The van der Waals surface area contributed by atoms with E-state index in [9.17, 15) is 14.4 Å². The third-order valence-corrected chi connectivity index (χ3v) is 5.56. The van der Waals surface area contributed by atoms with Crippen LogP contribution >= 0.6 is 11.6 Å². The van der Waals surface area contributed by atoms with Crippen LogP contribution < -0.4 is 9.47 Å². The molecule has 1 heterocycles. The van der Waals surface area contributed by atoms with Crippen LogP contribution in [0.1, 0.15) is 26.3 Å². The van der Waals surface area contributed by atoms with Gasteiger partial charge in [0.05, 0.1) is 25.3 Å². The molecule has 0 saturated carbocycles. The number of hydrogen-bond donors (Lipinski definition) is 0. The Morgan fingerprint density at radius 1 is 0.909 bits per heavy atom. The smallest absolute Gasteiger partial charge is 0.329 e. The highest BCUT2D eigenvalue weighted by Crippen LogP contribution is 2.34. The molecular weight excluding hydrogens is 446 g/mol. The molecule has 0 spiro atoms. The van der Waals surface area contributed by atoms with E-state index in [0.29, 0.717) is 27.8 Å². The number of halogens is 1. The maximum absolute atomic E-state index is 12.9. The van der Waals surface area contributed by atoms with E-state index >= 15 is 0 Å². The second kappa shape index (κ2) is 9.34. The maximum atomic E-state index is 12.9. The molecule has 1 aliphatic heterocycles. The summed E-state index contributed by atoms with van der Waals surface area (Å²) in [5.74, 6) is -0.289. The van der Waals surface area contributed by atoms with E-state index in [-0.39, 0.29) is 17.5 Å². The predicted octanol–water partition coefficient (Wildman–Crippen LogP) is 4.52. The quantitative estimate of drug-likeness (QED) is 0.377. The van der Waals surface area contributed by atoms with Gasteiger partial charge in [0.25, 0.3) is 11.8 Å². The number of hydrogen-bond acceptors (Lipinski definition) is 6. The van der Waals surface area contributed by atoms with Crippen LogP contribution in [0.2, 0.25) is 5.02 Å². The number of benzene rings is 3. The Kier molecular flexibility index (Phi) is 6.33.